The van der Waals surface area contributed by atoms with E-state index in [1.54, 1.807) is 0 Å². The number of rotatable bonds is 2. The Morgan fingerprint density at radius 2 is 1.81 bits per heavy atom. The fourth-order valence-electron chi connectivity index (χ4n) is 3.49. The predicted octanol–water partition coefficient (Wildman–Crippen LogP) is 4.39. The van der Waals surface area contributed by atoms with E-state index in [1.165, 1.54) is 16.9 Å². The zero-order valence-electron chi connectivity index (χ0n) is 14.1. The van der Waals surface area contributed by atoms with Crippen molar-refractivity contribution >= 4 is 22.9 Å². The molecule has 2 aromatic carbocycles. The average Bonchev–Trinajstić information content (AvgIpc) is 3.34. The molecule has 0 saturated carbocycles. The van der Waals surface area contributed by atoms with Crippen molar-refractivity contribution in [1.29, 1.82) is 0 Å². The average molecular weight is 363 g/mol. The molecule has 5 heteroatoms. The monoisotopic (exact) mass is 363 g/mol. The number of amides is 1. The van der Waals surface area contributed by atoms with Crippen LogP contribution in [0.15, 0.2) is 54.6 Å². The van der Waals surface area contributed by atoms with Crippen molar-refractivity contribution in [2.75, 3.05) is 24.7 Å². The number of benzene rings is 2. The Kier molecular flexibility index (Phi) is 3.68. The van der Waals surface area contributed by atoms with Crippen molar-refractivity contribution in [3.63, 3.8) is 0 Å². The van der Waals surface area contributed by atoms with E-state index >= 15 is 0 Å². The first kappa shape index (κ1) is 15.5. The van der Waals surface area contributed by atoms with Crippen molar-refractivity contribution < 1.29 is 14.3 Å². The first-order chi connectivity index (χ1) is 12.8. The van der Waals surface area contributed by atoms with Gasteiger partial charge in [-0.2, -0.15) is 0 Å². The molecule has 1 aromatic heterocycles. The highest BCUT2D eigenvalue weighted by atomic mass is 32.1. The third-order valence-electron chi connectivity index (χ3n) is 4.78. The number of hydrogen-bond donors (Lipinski definition) is 0. The molecule has 3 heterocycles. The predicted molar refractivity (Wildman–Crippen MR) is 103 cm³/mol. The summed E-state index contributed by atoms with van der Waals surface area (Å²) in [6.45, 7) is 1.90. The Bertz CT molecular complexity index is 994. The lowest BCUT2D eigenvalue weighted by Gasteiger charge is -2.18. The smallest absolute Gasteiger partial charge is 0.268 e. The van der Waals surface area contributed by atoms with Crippen molar-refractivity contribution in [1.82, 2.24) is 0 Å². The van der Waals surface area contributed by atoms with E-state index in [0.717, 1.165) is 45.5 Å². The largest absolute Gasteiger partial charge is 0.486 e. The van der Waals surface area contributed by atoms with Gasteiger partial charge in [-0.3, -0.25) is 4.79 Å². The summed E-state index contributed by atoms with van der Waals surface area (Å²) in [5, 5.41) is 0. The molecule has 0 spiro atoms. The van der Waals surface area contributed by atoms with Gasteiger partial charge in [0, 0.05) is 17.1 Å². The molecule has 3 aromatic rings. The number of nitrogens with zero attached hydrogens (tertiary/aromatic N) is 1. The van der Waals surface area contributed by atoms with Crippen LogP contribution in [0.3, 0.4) is 0 Å². The zero-order chi connectivity index (χ0) is 17.5. The van der Waals surface area contributed by atoms with Crippen LogP contribution < -0.4 is 14.4 Å². The molecule has 2 aliphatic heterocycles. The number of para-hydroxylation sites is 1. The molecule has 4 nitrogen and oxygen atoms in total. The van der Waals surface area contributed by atoms with Crippen molar-refractivity contribution in [3.8, 4) is 21.9 Å². The maximum Gasteiger partial charge on any atom is 0.268 e. The molecule has 26 heavy (non-hydrogen) atoms. The van der Waals surface area contributed by atoms with Gasteiger partial charge in [-0.05, 0) is 53.9 Å². The van der Waals surface area contributed by atoms with E-state index in [9.17, 15) is 4.79 Å². The second kappa shape index (κ2) is 6.18. The summed E-state index contributed by atoms with van der Waals surface area (Å²) in [4.78, 5) is 16.7. The van der Waals surface area contributed by atoms with Gasteiger partial charge in [0.15, 0.2) is 11.5 Å². The SMILES string of the molecule is O=C(c1ccc(-c2ccc3c(c2)OCCO3)s1)N1CCc2ccccc21. The minimum Gasteiger partial charge on any atom is -0.486 e. The number of carbonyl (C=O) groups is 1. The molecular weight excluding hydrogens is 346 g/mol. The first-order valence-electron chi connectivity index (χ1n) is 8.69. The molecule has 0 unspecified atom stereocenters. The summed E-state index contributed by atoms with van der Waals surface area (Å²) in [5.41, 5.74) is 3.32. The van der Waals surface area contributed by atoms with Crippen LogP contribution in [0, 0.1) is 0 Å². The normalized spacial score (nSPS) is 15.0. The standard InChI is InChI=1S/C21H17NO3S/c23-21(22-10-9-14-3-1-2-4-16(14)22)20-8-7-19(26-20)15-5-6-17-18(13-15)25-12-11-24-17/h1-8,13H,9-12H2. The van der Waals surface area contributed by atoms with Crippen LogP contribution in [0.4, 0.5) is 5.69 Å². The van der Waals surface area contributed by atoms with E-state index in [2.05, 4.69) is 6.07 Å². The zero-order valence-corrected chi connectivity index (χ0v) is 14.9. The van der Waals surface area contributed by atoms with Crippen molar-refractivity contribution in [3.05, 3.63) is 65.0 Å². The van der Waals surface area contributed by atoms with Gasteiger partial charge in [0.05, 0.1) is 4.88 Å². The number of carbonyl (C=O) groups excluding carboxylic acids is 1. The van der Waals surface area contributed by atoms with E-state index in [-0.39, 0.29) is 5.91 Å². The highest BCUT2D eigenvalue weighted by Crippen LogP contribution is 2.38. The second-order valence-electron chi connectivity index (χ2n) is 6.36. The van der Waals surface area contributed by atoms with Crippen LogP contribution in [0.2, 0.25) is 0 Å². The van der Waals surface area contributed by atoms with Gasteiger partial charge in [-0.1, -0.05) is 18.2 Å². The molecule has 0 fully saturated rings. The highest BCUT2D eigenvalue weighted by molar-refractivity contribution is 7.17. The van der Waals surface area contributed by atoms with Crippen LogP contribution >= 0.6 is 11.3 Å². The van der Waals surface area contributed by atoms with Crippen LogP contribution in [0.25, 0.3) is 10.4 Å². The van der Waals surface area contributed by atoms with Gasteiger partial charge in [0.25, 0.3) is 5.91 Å². The molecule has 0 atom stereocenters. The lowest BCUT2D eigenvalue weighted by molar-refractivity contribution is 0.0993. The van der Waals surface area contributed by atoms with Crippen LogP contribution in [-0.4, -0.2) is 25.7 Å². The molecule has 0 saturated heterocycles. The van der Waals surface area contributed by atoms with Crippen molar-refractivity contribution in [2.45, 2.75) is 6.42 Å². The van der Waals surface area contributed by atoms with Gasteiger partial charge in [-0.25, -0.2) is 0 Å². The van der Waals surface area contributed by atoms with Crippen LogP contribution in [0.5, 0.6) is 11.5 Å². The summed E-state index contributed by atoms with van der Waals surface area (Å²) in [6, 6.07) is 18.0. The van der Waals surface area contributed by atoms with Gasteiger partial charge in [-0.15, -0.1) is 11.3 Å². The van der Waals surface area contributed by atoms with Gasteiger partial charge in [0.1, 0.15) is 13.2 Å². The molecule has 130 valence electrons. The quantitative estimate of drug-likeness (QED) is 0.678. The summed E-state index contributed by atoms with van der Waals surface area (Å²) in [6.07, 6.45) is 0.919. The minimum atomic E-state index is 0.0729. The second-order valence-corrected chi connectivity index (χ2v) is 7.44. The molecule has 1 amide bonds. The van der Waals surface area contributed by atoms with Crippen molar-refractivity contribution in [2.24, 2.45) is 0 Å². The molecule has 0 aliphatic carbocycles. The van der Waals surface area contributed by atoms with Crippen LogP contribution in [0.1, 0.15) is 15.2 Å². The van der Waals surface area contributed by atoms with E-state index in [4.69, 9.17) is 9.47 Å². The summed E-state index contributed by atoms with van der Waals surface area (Å²) < 4.78 is 11.2. The van der Waals surface area contributed by atoms with Gasteiger partial charge >= 0.3 is 0 Å². The Hall–Kier alpha value is -2.79. The van der Waals surface area contributed by atoms with E-state index in [0.29, 0.717) is 13.2 Å². The van der Waals surface area contributed by atoms with E-state index < -0.39 is 0 Å². The van der Waals surface area contributed by atoms with Gasteiger partial charge < -0.3 is 14.4 Å². The maximum absolute atomic E-state index is 13.0. The Balaban J connectivity index is 1.43. The molecule has 0 N–H and O–H groups in total. The molecular formula is C21H17NO3S. The lowest BCUT2D eigenvalue weighted by Crippen LogP contribution is -2.28. The molecule has 0 radical (unpaired) electrons. The fourth-order valence-corrected chi connectivity index (χ4v) is 4.44. The van der Waals surface area contributed by atoms with Crippen LogP contribution in [-0.2, 0) is 6.42 Å². The molecule has 5 rings (SSSR count). The molecule has 0 bridgehead atoms. The third kappa shape index (κ3) is 2.56. The third-order valence-corrected chi connectivity index (χ3v) is 5.90. The number of fused-ring (bicyclic) bond motifs is 2. The first-order valence-corrected chi connectivity index (χ1v) is 9.51. The maximum atomic E-state index is 13.0. The number of hydrogen-bond acceptors (Lipinski definition) is 4. The number of anilines is 1. The Morgan fingerprint density at radius 1 is 0.962 bits per heavy atom. The summed E-state index contributed by atoms with van der Waals surface area (Å²) in [5.74, 6) is 1.62. The highest BCUT2D eigenvalue weighted by Gasteiger charge is 2.26. The topological polar surface area (TPSA) is 38.8 Å². The number of thiophene rings is 1. The van der Waals surface area contributed by atoms with Gasteiger partial charge in [0.2, 0.25) is 0 Å². The summed E-state index contributed by atoms with van der Waals surface area (Å²) >= 11 is 1.52. The fraction of sp³-hybridized carbons (Fsp3) is 0.190. The summed E-state index contributed by atoms with van der Waals surface area (Å²) in [7, 11) is 0. The Labute approximate surface area is 155 Å². The Morgan fingerprint density at radius 3 is 2.73 bits per heavy atom. The number of ether oxygens (including phenoxy) is 2. The lowest BCUT2D eigenvalue weighted by atomic mass is 10.1. The van der Waals surface area contributed by atoms with E-state index in [1.807, 2.05) is 53.4 Å². The molecule has 2 aliphatic rings. The minimum absolute atomic E-state index is 0.0729.